The zero-order valence-corrected chi connectivity index (χ0v) is 16.4. The maximum Gasteiger partial charge on any atom is 0.227 e. The third-order valence-electron chi connectivity index (χ3n) is 5.23. The summed E-state index contributed by atoms with van der Waals surface area (Å²) in [4.78, 5) is 15.9. The summed E-state index contributed by atoms with van der Waals surface area (Å²) in [5.41, 5.74) is 0. The van der Waals surface area contributed by atoms with Crippen molar-refractivity contribution < 1.29 is 48.9 Å². The van der Waals surface area contributed by atoms with E-state index in [0.29, 0.717) is 5.90 Å². The first-order chi connectivity index (χ1) is 13.8. The van der Waals surface area contributed by atoms with Crippen molar-refractivity contribution in [3.63, 3.8) is 0 Å². The van der Waals surface area contributed by atoms with Crippen molar-refractivity contribution in [2.24, 2.45) is 4.99 Å². The molecule has 0 unspecified atom stereocenters. The normalized spacial score (nSPS) is 44.6. The number of carbonyl (C=O) groups excluding carboxylic acids is 1. The summed E-state index contributed by atoms with van der Waals surface area (Å²) in [6, 6.07) is -1.69. The Bertz CT molecular complexity index is 619. The van der Waals surface area contributed by atoms with Gasteiger partial charge in [-0.15, -0.1) is 0 Å². The molecule has 0 saturated carbocycles. The molecule has 0 spiro atoms. The lowest BCUT2D eigenvalue weighted by Crippen LogP contribution is -2.67. The van der Waals surface area contributed by atoms with Gasteiger partial charge in [0.05, 0.1) is 13.2 Å². The average Bonchev–Trinajstić information content (AvgIpc) is 3.06. The highest BCUT2D eigenvalue weighted by Crippen LogP contribution is 2.34. The zero-order chi connectivity index (χ0) is 21.3. The van der Waals surface area contributed by atoms with Crippen molar-refractivity contribution in [3.05, 3.63) is 0 Å². The Hall–Kier alpha value is -1.38. The molecule has 3 rings (SSSR count). The van der Waals surface area contributed by atoms with Crippen LogP contribution in [-0.4, -0.2) is 114 Å². The molecular formula is C17H28N2O10. The number of rotatable bonds is 6. The number of aliphatic imine (C=N–C) groups is 1. The molecule has 12 nitrogen and oxygen atoms in total. The number of carbonyl (C=O) groups is 1. The molecule has 3 heterocycles. The van der Waals surface area contributed by atoms with E-state index in [2.05, 4.69) is 10.3 Å². The van der Waals surface area contributed by atoms with Crippen molar-refractivity contribution in [1.82, 2.24) is 5.32 Å². The second-order valence-electron chi connectivity index (χ2n) is 7.22. The van der Waals surface area contributed by atoms with E-state index in [1.165, 1.54) is 14.0 Å². The molecule has 5 N–H and O–H groups in total. The van der Waals surface area contributed by atoms with Gasteiger partial charge in [0.25, 0.3) is 0 Å². The van der Waals surface area contributed by atoms with Gasteiger partial charge >= 0.3 is 0 Å². The molecule has 1 amide bonds. The molecule has 3 aliphatic rings. The minimum Gasteiger partial charge on any atom is -0.450 e. The van der Waals surface area contributed by atoms with Crippen LogP contribution in [0.2, 0.25) is 0 Å². The van der Waals surface area contributed by atoms with Gasteiger partial charge in [-0.2, -0.15) is 0 Å². The summed E-state index contributed by atoms with van der Waals surface area (Å²) in [7, 11) is 1.45. The van der Waals surface area contributed by atoms with Gasteiger partial charge in [0.2, 0.25) is 12.2 Å². The first kappa shape index (κ1) is 22.3. The van der Waals surface area contributed by atoms with Gasteiger partial charge < -0.3 is 49.4 Å². The SMILES string of the molecule is CO[C@@H]1[C@H]2N=C(C)O[C@H]2O[C@H](CO)[C@H]1O[C@@H]1O[C@H](CO)[C@@H](O)[C@H](O)[C@H]1NC(C)=O. The molecule has 3 aliphatic heterocycles. The van der Waals surface area contributed by atoms with Gasteiger partial charge in [0.1, 0.15) is 48.7 Å². The Balaban J connectivity index is 1.85. The molecule has 0 radical (unpaired) electrons. The fourth-order valence-corrected chi connectivity index (χ4v) is 3.86. The zero-order valence-electron chi connectivity index (χ0n) is 16.4. The van der Waals surface area contributed by atoms with Crippen molar-refractivity contribution >= 4 is 11.8 Å². The van der Waals surface area contributed by atoms with E-state index >= 15 is 0 Å². The predicted molar refractivity (Wildman–Crippen MR) is 94.8 cm³/mol. The number of hydrogen-bond donors (Lipinski definition) is 5. The number of amides is 1. The smallest absolute Gasteiger partial charge is 0.227 e. The molecule has 10 atom stereocenters. The number of aliphatic hydroxyl groups is 4. The van der Waals surface area contributed by atoms with Gasteiger partial charge in [-0.3, -0.25) is 4.79 Å². The lowest BCUT2D eigenvalue weighted by Gasteiger charge is -2.47. The van der Waals surface area contributed by atoms with Crippen LogP contribution in [0.25, 0.3) is 0 Å². The Morgan fingerprint density at radius 1 is 1.14 bits per heavy atom. The number of hydrogen-bond acceptors (Lipinski definition) is 11. The van der Waals surface area contributed by atoms with Gasteiger partial charge in [-0.05, 0) is 0 Å². The molecule has 166 valence electrons. The molecule has 2 saturated heterocycles. The maximum absolute atomic E-state index is 11.6. The van der Waals surface area contributed by atoms with Crippen LogP contribution in [0.3, 0.4) is 0 Å². The monoisotopic (exact) mass is 420 g/mol. The number of nitrogens with one attached hydrogen (secondary N) is 1. The fourth-order valence-electron chi connectivity index (χ4n) is 3.86. The Kier molecular flexibility index (Phi) is 7.06. The summed E-state index contributed by atoms with van der Waals surface area (Å²) < 4.78 is 28.4. The van der Waals surface area contributed by atoms with Gasteiger partial charge in [-0.25, -0.2) is 4.99 Å². The van der Waals surface area contributed by atoms with Crippen LogP contribution in [0.4, 0.5) is 0 Å². The van der Waals surface area contributed by atoms with E-state index in [9.17, 15) is 25.2 Å². The van der Waals surface area contributed by atoms with Crippen LogP contribution >= 0.6 is 0 Å². The lowest BCUT2D eigenvalue weighted by atomic mass is 9.95. The average molecular weight is 420 g/mol. The van der Waals surface area contributed by atoms with E-state index in [1.807, 2.05) is 0 Å². The van der Waals surface area contributed by atoms with E-state index < -0.39 is 80.4 Å². The van der Waals surface area contributed by atoms with Crippen molar-refractivity contribution in [2.75, 3.05) is 20.3 Å². The van der Waals surface area contributed by atoms with E-state index in [-0.39, 0.29) is 0 Å². The molecule has 2 fully saturated rings. The van der Waals surface area contributed by atoms with Crippen LogP contribution in [0.15, 0.2) is 4.99 Å². The third kappa shape index (κ3) is 4.39. The fraction of sp³-hybridized carbons (Fsp3) is 0.882. The van der Waals surface area contributed by atoms with Crippen LogP contribution < -0.4 is 5.32 Å². The molecule has 12 heteroatoms. The van der Waals surface area contributed by atoms with E-state index in [1.54, 1.807) is 6.92 Å². The molecule has 0 aliphatic carbocycles. The second kappa shape index (κ2) is 9.18. The quantitative estimate of drug-likeness (QED) is 0.296. The molecule has 0 bridgehead atoms. The van der Waals surface area contributed by atoms with Gasteiger partial charge in [0, 0.05) is 21.0 Å². The summed E-state index contributed by atoms with van der Waals surface area (Å²) in [6.07, 6.45) is -8.52. The van der Waals surface area contributed by atoms with Crippen LogP contribution in [0.5, 0.6) is 0 Å². The number of nitrogens with zero attached hydrogens (tertiary/aromatic N) is 1. The van der Waals surface area contributed by atoms with Gasteiger partial charge in [0.15, 0.2) is 12.2 Å². The summed E-state index contributed by atoms with van der Waals surface area (Å²) in [5.74, 6) is -0.0735. The summed E-state index contributed by atoms with van der Waals surface area (Å²) in [5, 5.41) is 42.3. The first-order valence-corrected chi connectivity index (χ1v) is 9.35. The van der Waals surface area contributed by atoms with Crippen LogP contribution in [0.1, 0.15) is 13.8 Å². The molecular weight excluding hydrogens is 392 g/mol. The van der Waals surface area contributed by atoms with Crippen LogP contribution in [-0.2, 0) is 28.5 Å². The maximum atomic E-state index is 11.6. The Labute approximate surface area is 167 Å². The highest BCUT2D eigenvalue weighted by molar-refractivity contribution is 5.75. The lowest BCUT2D eigenvalue weighted by molar-refractivity contribution is -0.324. The largest absolute Gasteiger partial charge is 0.450 e. The highest BCUT2D eigenvalue weighted by Gasteiger charge is 2.53. The first-order valence-electron chi connectivity index (χ1n) is 9.35. The summed E-state index contributed by atoms with van der Waals surface area (Å²) >= 11 is 0. The van der Waals surface area contributed by atoms with E-state index in [0.717, 1.165) is 0 Å². The Morgan fingerprint density at radius 2 is 1.83 bits per heavy atom. The number of methoxy groups -OCH3 is 1. The van der Waals surface area contributed by atoms with Crippen molar-refractivity contribution in [1.29, 1.82) is 0 Å². The topological polar surface area (TPSA) is 169 Å². The minimum atomic E-state index is -1.46. The van der Waals surface area contributed by atoms with Crippen molar-refractivity contribution in [3.8, 4) is 0 Å². The Morgan fingerprint density at radius 3 is 2.41 bits per heavy atom. The molecule has 29 heavy (non-hydrogen) atoms. The van der Waals surface area contributed by atoms with Gasteiger partial charge in [-0.1, -0.05) is 0 Å². The number of ether oxygens (including phenoxy) is 5. The predicted octanol–water partition coefficient (Wildman–Crippen LogP) is -3.14. The van der Waals surface area contributed by atoms with Crippen molar-refractivity contribution in [2.45, 2.75) is 75.1 Å². The number of aliphatic hydroxyl groups excluding tert-OH is 4. The number of fused-ring (bicyclic) bond motifs is 1. The molecule has 0 aromatic rings. The standard InChI is InChI=1S/C17H28N2O10/c1-6(22)18-10-13(24)12(23)8(4-20)27-16(10)29-14-9(5-21)28-17-11(15(14)25-3)19-7(2)26-17/h8-17,20-21,23-24H,4-5H2,1-3H3,(H,18,22)/t8-,9-,10-,11-,12-,13-,14-,15-,16+,17+/m1/s1. The third-order valence-corrected chi connectivity index (χ3v) is 5.23. The highest BCUT2D eigenvalue weighted by atomic mass is 16.7. The van der Waals surface area contributed by atoms with Crippen LogP contribution in [0, 0.1) is 0 Å². The second-order valence-corrected chi connectivity index (χ2v) is 7.22. The molecule has 0 aromatic heterocycles. The molecule has 0 aromatic carbocycles. The van der Waals surface area contributed by atoms with E-state index in [4.69, 9.17) is 23.7 Å². The minimum absolute atomic E-state index is 0.406. The summed E-state index contributed by atoms with van der Waals surface area (Å²) in [6.45, 7) is 1.90.